The number of amides is 1. The van der Waals surface area contributed by atoms with Crippen LogP contribution < -0.4 is 4.31 Å². The highest BCUT2D eigenvalue weighted by Crippen LogP contribution is 2.42. The summed E-state index contributed by atoms with van der Waals surface area (Å²) in [6.45, 7) is -0.151. The molecule has 1 heterocycles. The summed E-state index contributed by atoms with van der Waals surface area (Å²) in [6.07, 6.45) is 1.70. The summed E-state index contributed by atoms with van der Waals surface area (Å²) in [5, 5.41) is 1.47. The molecule has 0 unspecified atom stereocenters. The first-order valence-corrected chi connectivity index (χ1v) is 11.0. The van der Waals surface area contributed by atoms with E-state index in [9.17, 15) is 17.6 Å². The Hall–Kier alpha value is -2.93. The van der Waals surface area contributed by atoms with Crippen molar-refractivity contribution < 1.29 is 17.6 Å². The molecule has 5 rings (SSSR count). The highest BCUT2D eigenvalue weighted by molar-refractivity contribution is 7.93. The highest BCUT2D eigenvalue weighted by atomic mass is 32.2. The van der Waals surface area contributed by atoms with Crippen LogP contribution in [0.15, 0.2) is 65.6 Å². The molecule has 7 heteroatoms. The largest absolute Gasteiger partial charge is 0.334 e. The molecule has 0 spiro atoms. The van der Waals surface area contributed by atoms with Crippen molar-refractivity contribution in [1.82, 2.24) is 4.90 Å². The third kappa shape index (κ3) is 2.97. The van der Waals surface area contributed by atoms with Gasteiger partial charge in [0.25, 0.3) is 10.0 Å². The first kappa shape index (κ1) is 18.1. The summed E-state index contributed by atoms with van der Waals surface area (Å²) in [4.78, 5) is 15.0. The van der Waals surface area contributed by atoms with Gasteiger partial charge in [-0.2, -0.15) is 0 Å². The molecular formula is C22H19FN2O3S. The van der Waals surface area contributed by atoms with Gasteiger partial charge in [0.05, 0.1) is 10.6 Å². The third-order valence-corrected chi connectivity index (χ3v) is 7.37. The molecule has 1 fully saturated rings. The molecule has 3 aromatic rings. The van der Waals surface area contributed by atoms with E-state index >= 15 is 0 Å². The van der Waals surface area contributed by atoms with E-state index in [2.05, 4.69) is 0 Å². The first-order chi connectivity index (χ1) is 14.0. The maximum absolute atomic E-state index is 14.1. The minimum absolute atomic E-state index is 0.0329. The van der Waals surface area contributed by atoms with Gasteiger partial charge in [-0.3, -0.25) is 9.10 Å². The Bertz CT molecular complexity index is 1230. The summed E-state index contributed by atoms with van der Waals surface area (Å²) in [7, 11) is -3.80. The molecule has 0 N–H and O–H groups in total. The second-order valence-electron chi connectivity index (χ2n) is 7.49. The van der Waals surface area contributed by atoms with Crippen molar-refractivity contribution in [2.45, 2.75) is 30.3 Å². The van der Waals surface area contributed by atoms with Crippen LogP contribution in [0.2, 0.25) is 0 Å². The van der Waals surface area contributed by atoms with E-state index in [4.69, 9.17) is 0 Å². The lowest BCUT2D eigenvalue weighted by Gasteiger charge is -2.26. The lowest BCUT2D eigenvalue weighted by Crippen LogP contribution is -2.42. The van der Waals surface area contributed by atoms with Gasteiger partial charge in [0, 0.05) is 23.5 Å². The minimum atomic E-state index is -3.80. The van der Waals surface area contributed by atoms with Crippen molar-refractivity contribution >= 4 is 32.4 Å². The number of sulfonamides is 1. The molecule has 0 saturated heterocycles. The summed E-state index contributed by atoms with van der Waals surface area (Å²) in [5.41, 5.74) is 0.954. The molecule has 29 heavy (non-hydrogen) atoms. The number of nitrogens with zero attached hydrogens (tertiary/aromatic N) is 2. The third-order valence-electron chi connectivity index (χ3n) is 5.57. The normalized spacial score (nSPS) is 16.9. The summed E-state index contributed by atoms with van der Waals surface area (Å²) in [5.74, 6) is -0.680. The van der Waals surface area contributed by atoms with Gasteiger partial charge in [0.2, 0.25) is 5.91 Å². The Morgan fingerprint density at radius 1 is 1.03 bits per heavy atom. The average Bonchev–Trinajstić information content (AvgIpc) is 3.52. The Kier molecular flexibility index (Phi) is 4.10. The number of rotatable bonds is 5. The predicted molar refractivity (Wildman–Crippen MR) is 108 cm³/mol. The minimum Gasteiger partial charge on any atom is -0.334 e. The number of hydrogen-bond acceptors (Lipinski definition) is 3. The number of hydrogen-bond donors (Lipinski definition) is 0. The van der Waals surface area contributed by atoms with Gasteiger partial charge in [-0.15, -0.1) is 0 Å². The van der Waals surface area contributed by atoms with Crippen molar-refractivity contribution in [2.24, 2.45) is 0 Å². The number of halogens is 1. The number of benzene rings is 3. The number of carbonyl (C=O) groups is 1. The second kappa shape index (κ2) is 6.56. The maximum Gasteiger partial charge on any atom is 0.265 e. The fourth-order valence-electron chi connectivity index (χ4n) is 3.96. The van der Waals surface area contributed by atoms with E-state index in [0.29, 0.717) is 16.6 Å². The zero-order valence-corrected chi connectivity index (χ0v) is 16.4. The van der Waals surface area contributed by atoms with E-state index in [-0.39, 0.29) is 35.8 Å². The maximum atomic E-state index is 14.1. The molecule has 1 saturated carbocycles. The summed E-state index contributed by atoms with van der Waals surface area (Å²) < 4.78 is 41.5. The quantitative estimate of drug-likeness (QED) is 0.645. The van der Waals surface area contributed by atoms with Crippen LogP contribution in [0.3, 0.4) is 0 Å². The molecule has 0 bridgehead atoms. The monoisotopic (exact) mass is 410 g/mol. The fraction of sp³-hybridized carbons (Fsp3) is 0.227. The van der Waals surface area contributed by atoms with Crippen LogP contribution in [0.1, 0.15) is 18.4 Å². The summed E-state index contributed by atoms with van der Waals surface area (Å²) >= 11 is 0. The van der Waals surface area contributed by atoms with Crippen LogP contribution in [-0.2, 0) is 21.4 Å². The van der Waals surface area contributed by atoms with Crippen LogP contribution in [0.4, 0.5) is 10.1 Å². The molecule has 1 aliphatic carbocycles. The van der Waals surface area contributed by atoms with Crippen LogP contribution in [-0.4, -0.2) is 31.8 Å². The predicted octanol–water partition coefficient (Wildman–Crippen LogP) is 3.68. The number of carbonyl (C=O) groups excluding carboxylic acids is 1. The van der Waals surface area contributed by atoms with Gasteiger partial charge in [-0.25, -0.2) is 12.8 Å². The molecule has 0 aromatic heterocycles. The van der Waals surface area contributed by atoms with E-state index in [1.54, 1.807) is 47.4 Å². The van der Waals surface area contributed by atoms with Crippen molar-refractivity contribution in [3.05, 3.63) is 72.0 Å². The molecule has 3 aromatic carbocycles. The Labute approximate surface area is 168 Å². The van der Waals surface area contributed by atoms with Crippen molar-refractivity contribution in [2.75, 3.05) is 10.8 Å². The molecule has 0 radical (unpaired) electrons. The van der Waals surface area contributed by atoms with Gasteiger partial charge in [-0.1, -0.05) is 42.5 Å². The van der Waals surface area contributed by atoms with Crippen LogP contribution in [0.25, 0.3) is 10.8 Å². The molecule has 2 aliphatic rings. The molecule has 1 amide bonds. The lowest BCUT2D eigenvalue weighted by molar-refractivity contribution is -0.130. The van der Waals surface area contributed by atoms with Gasteiger partial charge < -0.3 is 4.90 Å². The van der Waals surface area contributed by atoms with E-state index in [1.165, 1.54) is 10.4 Å². The lowest BCUT2D eigenvalue weighted by atomic mass is 10.1. The van der Waals surface area contributed by atoms with E-state index in [0.717, 1.165) is 18.2 Å². The van der Waals surface area contributed by atoms with Crippen LogP contribution in [0, 0.1) is 5.82 Å². The Balaban J connectivity index is 1.47. The topological polar surface area (TPSA) is 57.7 Å². The molecule has 148 valence electrons. The van der Waals surface area contributed by atoms with Crippen LogP contribution in [0.5, 0.6) is 0 Å². The number of anilines is 1. The van der Waals surface area contributed by atoms with Crippen molar-refractivity contribution in [3.8, 4) is 0 Å². The van der Waals surface area contributed by atoms with Crippen molar-refractivity contribution in [3.63, 3.8) is 0 Å². The Morgan fingerprint density at radius 3 is 2.48 bits per heavy atom. The van der Waals surface area contributed by atoms with Gasteiger partial charge >= 0.3 is 0 Å². The molecular weight excluding hydrogens is 391 g/mol. The van der Waals surface area contributed by atoms with Gasteiger partial charge in [-0.05, 0) is 36.4 Å². The molecule has 0 atom stereocenters. The molecule has 5 nitrogen and oxygen atoms in total. The van der Waals surface area contributed by atoms with Crippen LogP contribution >= 0.6 is 0 Å². The van der Waals surface area contributed by atoms with E-state index in [1.807, 2.05) is 12.1 Å². The van der Waals surface area contributed by atoms with Gasteiger partial charge in [0.1, 0.15) is 12.4 Å². The second-order valence-corrected chi connectivity index (χ2v) is 9.32. The fourth-order valence-corrected chi connectivity index (χ4v) is 5.62. The average molecular weight is 410 g/mol. The standard InChI is InChI=1S/C22H19FN2O3S/c23-18-8-2-1-5-16(18)13-24(17-11-12-17)21(26)14-25-19-9-3-6-15-7-4-10-20(22(15)19)29(25,27)28/h1-10,17H,11-14H2. The molecule has 1 aliphatic heterocycles. The zero-order chi connectivity index (χ0) is 20.2. The van der Waals surface area contributed by atoms with Crippen molar-refractivity contribution in [1.29, 1.82) is 0 Å². The first-order valence-electron chi connectivity index (χ1n) is 9.54. The van der Waals surface area contributed by atoms with Gasteiger partial charge in [0.15, 0.2) is 0 Å². The van der Waals surface area contributed by atoms with E-state index < -0.39 is 10.0 Å². The SMILES string of the molecule is O=C(CN1c2cccc3cccc(c23)S1(=O)=O)N(Cc1ccccc1F)C1CC1. The zero-order valence-electron chi connectivity index (χ0n) is 15.6. The smallest absolute Gasteiger partial charge is 0.265 e. The highest BCUT2D eigenvalue weighted by Gasteiger charge is 2.40. The summed E-state index contributed by atoms with van der Waals surface area (Å²) in [6, 6.07) is 16.9. The Morgan fingerprint density at radius 2 is 1.76 bits per heavy atom.